The number of rotatable bonds is 4. The number of benzene rings is 8. The summed E-state index contributed by atoms with van der Waals surface area (Å²) >= 11 is 1.81. The van der Waals surface area contributed by atoms with Crippen molar-refractivity contribution in [3.63, 3.8) is 0 Å². The van der Waals surface area contributed by atoms with Gasteiger partial charge < -0.3 is 0 Å². The highest BCUT2D eigenvalue weighted by Crippen LogP contribution is 2.39. The normalized spacial score (nSPS) is 11.8. The third kappa shape index (κ3) is 4.90. The summed E-state index contributed by atoms with van der Waals surface area (Å²) in [4.78, 5) is 20.6. The van der Waals surface area contributed by atoms with Crippen LogP contribution in [0.5, 0.6) is 0 Å². The van der Waals surface area contributed by atoms with Crippen LogP contribution in [0.15, 0.2) is 170 Å². The first-order valence-electron chi connectivity index (χ1n) is 17.7. The van der Waals surface area contributed by atoms with Crippen molar-refractivity contribution >= 4 is 74.6 Å². The van der Waals surface area contributed by atoms with Crippen LogP contribution in [0, 0.1) is 0 Å². The van der Waals surface area contributed by atoms with Crippen LogP contribution >= 0.6 is 11.3 Å². The summed E-state index contributed by atoms with van der Waals surface area (Å²) < 4.78 is 2.51. The van der Waals surface area contributed by atoms with Gasteiger partial charge in [-0.15, -0.1) is 11.3 Å². The Kier molecular flexibility index (Phi) is 6.69. The van der Waals surface area contributed by atoms with Crippen LogP contribution in [0.4, 0.5) is 0 Å². The van der Waals surface area contributed by atoms with Gasteiger partial charge in [0.25, 0.3) is 0 Å². The maximum atomic E-state index is 5.22. The summed E-state index contributed by atoms with van der Waals surface area (Å²) in [6, 6.07) is 57.9. The van der Waals surface area contributed by atoms with E-state index in [-0.39, 0.29) is 0 Å². The van der Waals surface area contributed by atoms with E-state index in [0.29, 0.717) is 17.5 Å². The van der Waals surface area contributed by atoms with Crippen LogP contribution in [-0.4, -0.2) is 19.9 Å². The van der Waals surface area contributed by atoms with Crippen molar-refractivity contribution in [2.45, 2.75) is 0 Å². The minimum atomic E-state index is 0.583. The first-order chi connectivity index (χ1) is 26.2. The number of thiophene rings is 1. The first-order valence-corrected chi connectivity index (χ1v) is 18.5. The monoisotopic (exact) mass is 692 g/mol. The van der Waals surface area contributed by atoms with Gasteiger partial charge in [0, 0.05) is 48.6 Å². The number of hydrogen-bond acceptors (Lipinski definition) is 5. The SMILES string of the molecule is c1ccc2c(c1)cc(-c1nc(-c3ccc(-c4cccc5ccc6ccccc6c45)nc3)nc(-c3ccc4sc5ccccc5c4c3)n1)c1ccccc12. The Hall–Kier alpha value is -6.82. The summed E-state index contributed by atoms with van der Waals surface area (Å²) in [5, 5.41) is 11.9. The van der Waals surface area contributed by atoms with Crippen molar-refractivity contribution < 1.29 is 0 Å². The van der Waals surface area contributed by atoms with Crippen LogP contribution < -0.4 is 0 Å². The Bertz CT molecular complexity index is 3240. The van der Waals surface area contributed by atoms with Crippen LogP contribution in [-0.2, 0) is 0 Å². The van der Waals surface area contributed by atoms with E-state index in [9.17, 15) is 0 Å². The van der Waals surface area contributed by atoms with E-state index in [1.807, 2.05) is 17.5 Å². The van der Waals surface area contributed by atoms with Crippen LogP contribution in [0.1, 0.15) is 0 Å². The molecular weight excluding hydrogens is 665 g/mol. The second-order valence-electron chi connectivity index (χ2n) is 13.4. The van der Waals surface area contributed by atoms with E-state index in [1.54, 1.807) is 0 Å². The van der Waals surface area contributed by atoms with Crippen LogP contribution in [0.3, 0.4) is 0 Å². The maximum Gasteiger partial charge on any atom is 0.165 e. The first kappa shape index (κ1) is 29.9. The van der Waals surface area contributed by atoms with Gasteiger partial charge in [-0.1, -0.05) is 121 Å². The van der Waals surface area contributed by atoms with Gasteiger partial charge in [0.15, 0.2) is 17.5 Å². The van der Waals surface area contributed by atoms with Crippen LogP contribution in [0.25, 0.3) is 109 Å². The molecule has 0 saturated carbocycles. The van der Waals surface area contributed by atoms with Crippen molar-refractivity contribution in [3.05, 3.63) is 170 Å². The third-order valence-corrected chi connectivity index (χ3v) is 11.5. The van der Waals surface area contributed by atoms with E-state index in [0.717, 1.165) is 38.7 Å². The van der Waals surface area contributed by atoms with Crippen molar-refractivity contribution in [2.24, 2.45) is 0 Å². The summed E-state index contributed by atoms with van der Waals surface area (Å²) in [6.45, 7) is 0. The van der Waals surface area contributed by atoms with Gasteiger partial charge in [-0.25, -0.2) is 15.0 Å². The predicted molar refractivity (Wildman–Crippen MR) is 222 cm³/mol. The Morgan fingerprint density at radius 2 is 1.00 bits per heavy atom. The molecule has 11 aromatic rings. The molecule has 5 heteroatoms. The molecule has 8 aromatic carbocycles. The highest BCUT2D eigenvalue weighted by molar-refractivity contribution is 7.25. The summed E-state index contributed by atoms with van der Waals surface area (Å²) in [7, 11) is 0. The van der Waals surface area contributed by atoms with E-state index < -0.39 is 0 Å². The fraction of sp³-hybridized carbons (Fsp3) is 0. The second kappa shape index (κ2) is 11.9. The Balaban J connectivity index is 1.11. The molecule has 0 radical (unpaired) electrons. The number of nitrogens with zero attached hydrogens (tertiary/aromatic N) is 4. The molecule has 53 heavy (non-hydrogen) atoms. The second-order valence-corrected chi connectivity index (χ2v) is 14.5. The molecule has 0 amide bonds. The van der Waals surface area contributed by atoms with Gasteiger partial charge in [0.1, 0.15) is 0 Å². The average Bonchev–Trinajstić information content (AvgIpc) is 3.61. The number of hydrogen-bond donors (Lipinski definition) is 0. The number of fused-ring (bicyclic) bond motifs is 9. The molecule has 0 atom stereocenters. The number of pyridine rings is 1. The average molecular weight is 693 g/mol. The van der Waals surface area contributed by atoms with Gasteiger partial charge in [0.2, 0.25) is 0 Å². The minimum Gasteiger partial charge on any atom is -0.255 e. The molecule has 0 bridgehead atoms. The lowest BCUT2D eigenvalue weighted by Gasteiger charge is -2.13. The Morgan fingerprint density at radius 1 is 0.358 bits per heavy atom. The molecule has 246 valence electrons. The lowest BCUT2D eigenvalue weighted by Crippen LogP contribution is -2.01. The Morgan fingerprint density at radius 3 is 1.85 bits per heavy atom. The summed E-state index contributed by atoms with van der Waals surface area (Å²) in [5.74, 6) is 1.84. The Labute approximate surface area is 308 Å². The summed E-state index contributed by atoms with van der Waals surface area (Å²) in [5.41, 5.74) is 4.75. The molecule has 0 fully saturated rings. The smallest absolute Gasteiger partial charge is 0.165 e. The van der Waals surface area contributed by atoms with Gasteiger partial charge in [-0.3, -0.25) is 4.98 Å². The molecule has 0 N–H and O–H groups in total. The molecular formula is C48H28N4S. The zero-order valence-corrected chi connectivity index (χ0v) is 29.2. The van der Waals surface area contributed by atoms with Crippen molar-refractivity contribution in [3.8, 4) is 45.4 Å². The van der Waals surface area contributed by atoms with Gasteiger partial charge >= 0.3 is 0 Å². The fourth-order valence-corrected chi connectivity index (χ4v) is 8.90. The lowest BCUT2D eigenvalue weighted by molar-refractivity contribution is 1.07. The van der Waals surface area contributed by atoms with E-state index in [1.165, 1.54) is 52.5 Å². The van der Waals surface area contributed by atoms with Crippen molar-refractivity contribution in [1.82, 2.24) is 19.9 Å². The van der Waals surface area contributed by atoms with Gasteiger partial charge in [-0.2, -0.15) is 0 Å². The fourth-order valence-electron chi connectivity index (χ4n) is 7.82. The molecule has 0 aliphatic heterocycles. The molecule has 0 saturated heterocycles. The molecule has 0 spiro atoms. The standard InChI is InChI=1S/C48H28N4S/c1-4-14-35-29(10-1)20-21-30-12-9-18-39(45(30)35)42-24-22-33(28-49-42)47-50-46(32-23-25-44-40(27-32)38-17-7-8-19-43(38)53-44)51-48(52-47)41-26-31-11-2-3-13-34(31)36-15-5-6-16-37(36)41/h1-28H. The highest BCUT2D eigenvalue weighted by Gasteiger charge is 2.18. The predicted octanol–water partition coefficient (Wildman–Crippen LogP) is 12.9. The lowest BCUT2D eigenvalue weighted by atomic mass is 9.96. The molecule has 0 aliphatic rings. The minimum absolute atomic E-state index is 0.583. The largest absolute Gasteiger partial charge is 0.255 e. The summed E-state index contributed by atoms with van der Waals surface area (Å²) in [6.07, 6.45) is 1.90. The van der Waals surface area contributed by atoms with Gasteiger partial charge in [0.05, 0.1) is 5.69 Å². The maximum absolute atomic E-state index is 5.22. The third-order valence-electron chi connectivity index (χ3n) is 10.3. The highest BCUT2D eigenvalue weighted by atomic mass is 32.1. The zero-order valence-electron chi connectivity index (χ0n) is 28.4. The van der Waals surface area contributed by atoms with E-state index >= 15 is 0 Å². The quantitative estimate of drug-likeness (QED) is 0.172. The van der Waals surface area contributed by atoms with E-state index in [2.05, 4.69) is 164 Å². The molecule has 3 aromatic heterocycles. The van der Waals surface area contributed by atoms with Crippen LogP contribution in [0.2, 0.25) is 0 Å². The van der Waals surface area contributed by atoms with Gasteiger partial charge in [-0.05, 0) is 85.6 Å². The number of aromatic nitrogens is 4. The topological polar surface area (TPSA) is 51.6 Å². The van der Waals surface area contributed by atoms with Crippen molar-refractivity contribution in [1.29, 1.82) is 0 Å². The molecule has 0 aliphatic carbocycles. The molecule has 3 heterocycles. The molecule has 11 rings (SSSR count). The molecule has 0 unspecified atom stereocenters. The van der Waals surface area contributed by atoms with E-state index in [4.69, 9.17) is 19.9 Å². The molecule has 4 nitrogen and oxygen atoms in total. The van der Waals surface area contributed by atoms with Crippen molar-refractivity contribution in [2.75, 3.05) is 0 Å². The zero-order chi connectivity index (χ0) is 34.9.